The van der Waals surface area contributed by atoms with Crippen molar-refractivity contribution in [3.8, 4) is 0 Å². The summed E-state index contributed by atoms with van der Waals surface area (Å²) in [6.07, 6.45) is 0. The molecular weight excluding hydrogens is 364 g/mol. The van der Waals surface area contributed by atoms with Gasteiger partial charge in [0.05, 0.1) is 15.9 Å². The SMILES string of the molecule is Cc1ccc(S(N)(=O)=O)cc1C(=O)Nc1nc2cc(Cl)ccc2n1C. The van der Waals surface area contributed by atoms with Gasteiger partial charge in [-0.2, -0.15) is 0 Å². The van der Waals surface area contributed by atoms with E-state index >= 15 is 0 Å². The van der Waals surface area contributed by atoms with E-state index in [4.69, 9.17) is 16.7 Å². The fourth-order valence-corrected chi connectivity index (χ4v) is 3.18. The van der Waals surface area contributed by atoms with E-state index in [0.717, 1.165) is 5.52 Å². The Hall–Kier alpha value is -2.42. The zero-order valence-electron chi connectivity index (χ0n) is 13.4. The molecule has 0 aliphatic heterocycles. The number of primary sulfonamides is 1. The molecule has 0 spiro atoms. The van der Waals surface area contributed by atoms with Crippen LogP contribution in [0.2, 0.25) is 5.02 Å². The summed E-state index contributed by atoms with van der Waals surface area (Å²) in [6.45, 7) is 1.70. The van der Waals surface area contributed by atoms with Crippen LogP contribution < -0.4 is 10.5 Å². The Kier molecular flexibility index (Phi) is 4.28. The molecule has 0 saturated carbocycles. The van der Waals surface area contributed by atoms with Crippen molar-refractivity contribution in [2.24, 2.45) is 12.2 Å². The minimum Gasteiger partial charge on any atom is -0.313 e. The molecule has 0 unspecified atom stereocenters. The van der Waals surface area contributed by atoms with E-state index in [9.17, 15) is 13.2 Å². The summed E-state index contributed by atoms with van der Waals surface area (Å²) in [4.78, 5) is 16.8. The third kappa shape index (κ3) is 3.37. The lowest BCUT2D eigenvalue weighted by Gasteiger charge is -2.09. The van der Waals surface area contributed by atoms with Crippen LogP contribution in [0, 0.1) is 6.92 Å². The maximum atomic E-state index is 12.6. The van der Waals surface area contributed by atoms with Gasteiger partial charge in [0.1, 0.15) is 0 Å². The van der Waals surface area contributed by atoms with Gasteiger partial charge in [-0.05, 0) is 42.8 Å². The Bertz CT molecular complexity index is 1110. The van der Waals surface area contributed by atoms with Crippen LogP contribution in [0.3, 0.4) is 0 Å². The van der Waals surface area contributed by atoms with Gasteiger partial charge in [0, 0.05) is 17.6 Å². The summed E-state index contributed by atoms with van der Waals surface area (Å²) >= 11 is 5.96. The highest BCUT2D eigenvalue weighted by atomic mass is 35.5. The molecule has 9 heteroatoms. The van der Waals surface area contributed by atoms with Gasteiger partial charge < -0.3 is 4.57 Å². The second kappa shape index (κ2) is 6.14. The van der Waals surface area contributed by atoms with E-state index in [-0.39, 0.29) is 10.5 Å². The predicted octanol–water partition coefficient (Wildman–Crippen LogP) is 2.43. The van der Waals surface area contributed by atoms with Crippen molar-refractivity contribution >= 4 is 44.5 Å². The highest BCUT2D eigenvalue weighted by molar-refractivity contribution is 7.89. The van der Waals surface area contributed by atoms with Crippen molar-refractivity contribution < 1.29 is 13.2 Å². The van der Waals surface area contributed by atoms with Crippen molar-refractivity contribution in [1.82, 2.24) is 9.55 Å². The summed E-state index contributed by atoms with van der Waals surface area (Å²) in [5.74, 6) is -0.157. The highest BCUT2D eigenvalue weighted by Gasteiger charge is 2.17. The smallest absolute Gasteiger partial charge is 0.258 e. The minimum atomic E-state index is -3.90. The predicted molar refractivity (Wildman–Crippen MR) is 96.2 cm³/mol. The number of carbonyl (C=O) groups is 1. The molecule has 2 aromatic carbocycles. The maximum Gasteiger partial charge on any atom is 0.258 e. The number of sulfonamides is 1. The first-order valence-electron chi connectivity index (χ1n) is 7.23. The molecule has 0 radical (unpaired) electrons. The van der Waals surface area contributed by atoms with Crippen LogP contribution in [0.15, 0.2) is 41.3 Å². The number of halogens is 1. The van der Waals surface area contributed by atoms with Crippen molar-refractivity contribution in [2.75, 3.05) is 5.32 Å². The first kappa shape index (κ1) is 17.4. The van der Waals surface area contributed by atoms with Gasteiger partial charge in [0.15, 0.2) is 0 Å². The van der Waals surface area contributed by atoms with Gasteiger partial charge in [-0.1, -0.05) is 17.7 Å². The quantitative estimate of drug-likeness (QED) is 0.729. The average Bonchev–Trinajstić information content (AvgIpc) is 2.81. The summed E-state index contributed by atoms with van der Waals surface area (Å²) in [5.41, 5.74) is 2.26. The Morgan fingerprint density at radius 2 is 1.96 bits per heavy atom. The number of imidazole rings is 1. The number of benzene rings is 2. The number of hydrogen-bond acceptors (Lipinski definition) is 4. The number of carbonyl (C=O) groups excluding carboxylic acids is 1. The largest absolute Gasteiger partial charge is 0.313 e. The number of amides is 1. The number of fused-ring (bicyclic) bond motifs is 1. The molecule has 1 heterocycles. The molecule has 0 aliphatic rings. The van der Waals surface area contributed by atoms with Crippen molar-refractivity contribution in [3.05, 3.63) is 52.5 Å². The van der Waals surface area contributed by atoms with Crippen LogP contribution in [0.5, 0.6) is 0 Å². The number of anilines is 1. The molecule has 0 saturated heterocycles. The molecular formula is C16H15ClN4O3S. The van der Waals surface area contributed by atoms with Gasteiger partial charge in [-0.3, -0.25) is 10.1 Å². The van der Waals surface area contributed by atoms with Gasteiger partial charge in [0.2, 0.25) is 16.0 Å². The zero-order chi connectivity index (χ0) is 18.4. The monoisotopic (exact) mass is 378 g/mol. The minimum absolute atomic E-state index is 0.125. The number of nitrogens with two attached hydrogens (primary N) is 1. The Balaban J connectivity index is 1.99. The lowest BCUT2D eigenvalue weighted by Crippen LogP contribution is -2.18. The molecule has 25 heavy (non-hydrogen) atoms. The van der Waals surface area contributed by atoms with Crippen LogP contribution in [0.1, 0.15) is 15.9 Å². The molecule has 3 aromatic rings. The number of aromatic nitrogens is 2. The van der Waals surface area contributed by atoms with Gasteiger partial charge in [-0.15, -0.1) is 0 Å². The lowest BCUT2D eigenvalue weighted by molar-refractivity contribution is 0.102. The summed E-state index contributed by atoms with van der Waals surface area (Å²) in [6, 6.07) is 9.37. The van der Waals surface area contributed by atoms with Crippen LogP contribution in [-0.4, -0.2) is 23.9 Å². The van der Waals surface area contributed by atoms with E-state index in [1.165, 1.54) is 18.2 Å². The number of nitrogens with one attached hydrogen (secondary N) is 1. The number of rotatable bonds is 3. The highest BCUT2D eigenvalue weighted by Crippen LogP contribution is 2.23. The Morgan fingerprint density at radius 1 is 1.24 bits per heavy atom. The van der Waals surface area contributed by atoms with E-state index in [0.29, 0.717) is 22.1 Å². The first-order chi connectivity index (χ1) is 11.7. The third-order valence-corrected chi connectivity index (χ3v) is 5.00. The summed E-state index contributed by atoms with van der Waals surface area (Å²) < 4.78 is 24.7. The average molecular weight is 379 g/mol. The first-order valence-corrected chi connectivity index (χ1v) is 9.16. The Labute approximate surface area is 149 Å². The maximum absolute atomic E-state index is 12.6. The number of nitrogens with zero attached hydrogens (tertiary/aromatic N) is 2. The molecule has 3 N–H and O–H groups in total. The molecule has 0 bridgehead atoms. The van der Waals surface area contributed by atoms with Crippen LogP contribution in [0.4, 0.5) is 5.95 Å². The topological polar surface area (TPSA) is 107 Å². The molecule has 1 amide bonds. The van der Waals surface area contributed by atoms with Gasteiger partial charge in [0.25, 0.3) is 5.91 Å². The van der Waals surface area contributed by atoms with Crippen molar-refractivity contribution in [1.29, 1.82) is 0 Å². The third-order valence-electron chi connectivity index (χ3n) is 3.85. The number of aryl methyl sites for hydroxylation is 2. The molecule has 3 rings (SSSR count). The second-order valence-corrected chi connectivity index (χ2v) is 7.60. The standard InChI is InChI=1S/C16H15ClN4O3S/c1-9-3-5-11(25(18,23)24)8-12(9)15(22)20-16-19-13-7-10(17)4-6-14(13)21(16)2/h3-8H,1-2H3,(H2,18,23,24)(H,19,20,22). The van der Waals surface area contributed by atoms with Crippen LogP contribution in [-0.2, 0) is 17.1 Å². The van der Waals surface area contributed by atoms with E-state index < -0.39 is 15.9 Å². The van der Waals surface area contributed by atoms with E-state index in [2.05, 4.69) is 10.3 Å². The second-order valence-electron chi connectivity index (χ2n) is 5.60. The lowest BCUT2D eigenvalue weighted by atomic mass is 10.1. The van der Waals surface area contributed by atoms with Crippen LogP contribution >= 0.6 is 11.6 Å². The van der Waals surface area contributed by atoms with Crippen LogP contribution in [0.25, 0.3) is 11.0 Å². The molecule has 0 atom stereocenters. The zero-order valence-corrected chi connectivity index (χ0v) is 15.0. The van der Waals surface area contributed by atoms with Gasteiger partial charge >= 0.3 is 0 Å². The van der Waals surface area contributed by atoms with E-state index in [1.54, 1.807) is 36.7 Å². The molecule has 1 aromatic heterocycles. The van der Waals surface area contributed by atoms with Gasteiger partial charge in [-0.25, -0.2) is 18.5 Å². The molecule has 130 valence electrons. The van der Waals surface area contributed by atoms with Crippen molar-refractivity contribution in [3.63, 3.8) is 0 Å². The molecule has 0 fully saturated rings. The fraction of sp³-hybridized carbons (Fsp3) is 0.125. The fourth-order valence-electron chi connectivity index (χ4n) is 2.48. The molecule has 7 nitrogen and oxygen atoms in total. The van der Waals surface area contributed by atoms with Crippen molar-refractivity contribution in [2.45, 2.75) is 11.8 Å². The summed E-state index contributed by atoms with van der Waals surface area (Å²) in [5, 5.41) is 8.36. The Morgan fingerprint density at radius 3 is 2.64 bits per heavy atom. The molecule has 0 aliphatic carbocycles. The summed E-state index contributed by atoms with van der Waals surface area (Å²) in [7, 11) is -2.14. The number of hydrogen-bond donors (Lipinski definition) is 2. The van der Waals surface area contributed by atoms with E-state index in [1.807, 2.05) is 0 Å². The normalized spacial score (nSPS) is 11.7.